The summed E-state index contributed by atoms with van der Waals surface area (Å²) < 4.78 is 5.64. The Morgan fingerprint density at radius 3 is 2.74 bits per heavy atom. The summed E-state index contributed by atoms with van der Waals surface area (Å²) in [5.74, 6) is 0.789. The molecule has 0 saturated heterocycles. The smallest absolute Gasteiger partial charge is 0.216 e. The Hall–Kier alpha value is -1.55. The fourth-order valence-electron chi connectivity index (χ4n) is 1.84. The first-order valence-electron chi connectivity index (χ1n) is 6.62. The molecular formula is C15H23NO3. The van der Waals surface area contributed by atoms with Gasteiger partial charge in [-0.2, -0.15) is 0 Å². The minimum absolute atomic E-state index is 0.0261. The fraction of sp³-hybridized carbons (Fsp3) is 0.533. The lowest BCUT2D eigenvalue weighted by Gasteiger charge is -2.16. The number of hydrogen-bond acceptors (Lipinski definition) is 3. The molecule has 2 N–H and O–H groups in total. The van der Waals surface area contributed by atoms with Crippen LogP contribution in [0.15, 0.2) is 24.3 Å². The van der Waals surface area contributed by atoms with E-state index in [2.05, 4.69) is 5.32 Å². The van der Waals surface area contributed by atoms with Crippen LogP contribution in [0.5, 0.6) is 5.75 Å². The van der Waals surface area contributed by atoms with Crippen molar-refractivity contribution in [2.45, 2.75) is 33.3 Å². The van der Waals surface area contributed by atoms with Crippen LogP contribution in [0, 0.1) is 5.92 Å². The highest BCUT2D eigenvalue weighted by Gasteiger charge is 2.10. The largest absolute Gasteiger partial charge is 0.491 e. The van der Waals surface area contributed by atoms with Crippen LogP contribution in [0.4, 0.5) is 0 Å². The summed E-state index contributed by atoms with van der Waals surface area (Å²) in [5.41, 5.74) is 1.10. The first-order valence-corrected chi connectivity index (χ1v) is 6.62. The second-order valence-electron chi connectivity index (χ2n) is 5.00. The molecule has 0 fully saturated rings. The molecule has 19 heavy (non-hydrogen) atoms. The molecule has 0 aromatic heterocycles. The van der Waals surface area contributed by atoms with Gasteiger partial charge in [-0.1, -0.05) is 12.1 Å². The zero-order chi connectivity index (χ0) is 14.3. The van der Waals surface area contributed by atoms with Crippen LogP contribution < -0.4 is 10.1 Å². The van der Waals surface area contributed by atoms with E-state index in [0.29, 0.717) is 13.0 Å². The van der Waals surface area contributed by atoms with Crippen molar-refractivity contribution >= 4 is 5.91 Å². The summed E-state index contributed by atoms with van der Waals surface area (Å²) in [6.07, 6.45) is 0.856. The summed E-state index contributed by atoms with van der Waals surface area (Å²) >= 11 is 0. The molecule has 1 atom stereocenters. The van der Waals surface area contributed by atoms with Crippen LogP contribution in [-0.4, -0.2) is 30.3 Å². The van der Waals surface area contributed by atoms with Crippen molar-refractivity contribution in [3.63, 3.8) is 0 Å². The molecular weight excluding hydrogens is 242 g/mol. The predicted molar refractivity (Wildman–Crippen MR) is 75.2 cm³/mol. The molecule has 1 amide bonds. The number of hydrogen-bond donors (Lipinski definition) is 2. The quantitative estimate of drug-likeness (QED) is 0.790. The number of rotatable bonds is 7. The predicted octanol–water partition coefficient (Wildman–Crippen LogP) is 1.76. The van der Waals surface area contributed by atoms with Crippen LogP contribution in [0.2, 0.25) is 0 Å². The average molecular weight is 265 g/mol. The number of nitrogens with one attached hydrogen (secondary N) is 1. The number of carbonyl (C=O) groups excluding carboxylic acids is 1. The van der Waals surface area contributed by atoms with Crippen LogP contribution in [0.25, 0.3) is 0 Å². The Morgan fingerprint density at radius 2 is 2.16 bits per heavy atom. The lowest BCUT2D eigenvalue weighted by Crippen LogP contribution is -2.30. The van der Waals surface area contributed by atoms with E-state index < -0.39 is 0 Å². The van der Waals surface area contributed by atoms with Gasteiger partial charge in [0.1, 0.15) is 5.75 Å². The van der Waals surface area contributed by atoms with Gasteiger partial charge >= 0.3 is 0 Å². The molecule has 0 heterocycles. The topological polar surface area (TPSA) is 58.6 Å². The Morgan fingerprint density at radius 1 is 1.42 bits per heavy atom. The van der Waals surface area contributed by atoms with Gasteiger partial charge in [0.15, 0.2) is 0 Å². The van der Waals surface area contributed by atoms with E-state index in [1.54, 1.807) is 0 Å². The van der Waals surface area contributed by atoms with Gasteiger partial charge in [-0.25, -0.2) is 0 Å². The highest BCUT2D eigenvalue weighted by molar-refractivity contribution is 5.72. The highest BCUT2D eigenvalue weighted by Crippen LogP contribution is 2.17. The molecule has 0 aliphatic rings. The van der Waals surface area contributed by atoms with Crippen molar-refractivity contribution in [1.29, 1.82) is 0 Å². The molecule has 1 rings (SSSR count). The van der Waals surface area contributed by atoms with E-state index in [1.165, 1.54) is 6.92 Å². The molecule has 0 aliphatic heterocycles. The van der Waals surface area contributed by atoms with Gasteiger partial charge in [0.2, 0.25) is 5.91 Å². The van der Waals surface area contributed by atoms with Gasteiger partial charge in [0.05, 0.1) is 6.10 Å². The molecule has 0 spiro atoms. The van der Waals surface area contributed by atoms with Crippen LogP contribution >= 0.6 is 0 Å². The first-order chi connectivity index (χ1) is 9.01. The maximum Gasteiger partial charge on any atom is 0.216 e. The van der Waals surface area contributed by atoms with Crippen LogP contribution in [0.1, 0.15) is 26.3 Å². The van der Waals surface area contributed by atoms with Gasteiger partial charge in [0, 0.05) is 26.0 Å². The lowest BCUT2D eigenvalue weighted by molar-refractivity contribution is -0.119. The normalized spacial score (nSPS) is 12.3. The van der Waals surface area contributed by atoms with E-state index in [4.69, 9.17) is 4.74 Å². The van der Waals surface area contributed by atoms with Gasteiger partial charge in [-0.05, 0) is 38.0 Å². The fourth-order valence-corrected chi connectivity index (χ4v) is 1.84. The molecule has 0 radical (unpaired) electrons. The van der Waals surface area contributed by atoms with E-state index in [9.17, 15) is 9.90 Å². The van der Waals surface area contributed by atoms with Crippen molar-refractivity contribution in [2.75, 3.05) is 13.2 Å². The second-order valence-corrected chi connectivity index (χ2v) is 5.00. The Bertz CT molecular complexity index is 404. The Balaban J connectivity index is 2.61. The van der Waals surface area contributed by atoms with Gasteiger partial charge in [-0.15, -0.1) is 0 Å². The van der Waals surface area contributed by atoms with E-state index in [0.717, 1.165) is 11.3 Å². The summed E-state index contributed by atoms with van der Waals surface area (Å²) in [5, 5.41) is 12.1. The molecule has 0 aliphatic carbocycles. The molecule has 1 aromatic rings. The number of ether oxygens (including phenoxy) is 1. The van der Waals surface area contributed by atoms with E-state index in [-0.39, 0.29) is 24.5 Å². The van der Waals surface area contributed by atoms with Crippen LogP contribution in [0.3, 0.4) is 0 Å². The highest BCUT2D eigenvalue weighted by atomic mass is 16.5. The van der Waals surface area contributed by atoms with Gasteiger partial charge in [0.25, 0.3) is 0 Å². The lowest BCUT2D eigenvalue weighted by atomic mass is 10.00. The van der Waals surface area contributed by atoms with Crippen molar-refractivity contribution in [3.05, 3.63) is 29.8 Å². The minimum atomic E-state index is -0.0738. The van der Waals surface area contributed by atoms with Gasteiger partial charge < -0.3 is 15.2 Å². The van der Waals surface area contributed by atoms with Crippen molar-refractivity contribution < 1.29 is 14.6 Å². The first kappa shape index (κ1) is 15.5. The SMILES string of the molecule is CC(=O)NCC(CO)Cc1cccc(OC(C)C)c1. The number of benzene rings is 1. The summed E-state index contributed by atoms with van der Waals surface area (Å²) in [6, 6.07) is 7.85. The summed E-state index contributed by atoms with van der Waals surface area (Å²) in [6.45, 7) is 5.99. The van der Waals surface area contributed by atoms with Crippen molar-refractivity contribution in [3.8, 4) is 5.75 Å². The third-order valence-electron chi connectivity index (χ3n) is 2.69. The zero-order valence-electron chi connectivity index (χ0n) is 11.8. The third kappa shape index (κ3) is 6.25. The monoisotopic (exact) mass is 265 g/mol. The summed E-state index contributed by atoms with van der Waals surface area (Å²) in [4.78, 5) is 10.9. The van der Waals surface area contributed by atoms with E-state index >= 15 is 0 Å². The van der Waals surface area contributed by atoms with Gasteiger partial charge in [-0.3, -0.25) is 4.79 Å². The standard InChI is InChI=1S/C15H23NO3/c1-11(2)19-15-6-4-5-13(8-15)7-14(10-17)9-16-12(3)18/h4-6,8,11,14,17H,7,9-10H2,1-3H3,(H,16,18). The zero-order valence-corrected chi connectivity index (χ0v) is 11.8. The molecule has 4 nitrogen and oxygen atoms in total. The maximum absolute atomic E-state index is 10.9. The Kier molecular flexibility index (Phi) is 6.36. The number of carbonyl (C=O) groups is 1. The van der Waals surface area contributed by atoms with E-state index in [1.807, 2.05) is 38.1 Å². The average Bonchev–Trinajstić information content (AvgIpc) is 2.33. The number of aliphatic hydroxyl groups excluding tert-OH is 1. The number of aliphatic hydroxyl groups is 1. The van der Waals surface area contributed by atoms with Crippen molar-refractivity contribution in [2.24, 2.45) is 5.92 Å². The summed E-state index contributed by atoms with van der Waals surface area (Å²) in [7, 11) is 0. The Labute approximate surface area is 114 Å². The molecule has 1 aromatic carbocycles. The molecule has 0 saturated carbocycles. The second kappa shape index (κ2) is 7.79. The molecule has 1 unspecified atom stereocenters. The maximum atomic E-state index is 10.9. The van der Waals surface area contributed by atoms with Crippen LogP contribution in [-0.2, 0) is 11.2 Å². The molecule has 4 heteroatoms. The van der Waals surface area contributed by atoms with Crippen molar-refractivity contribution in [1.82, 2.24) is 5.32 Å². The molecule has 106 valence electrons. The number of amides is 1. The third-order valence-corrected chi connectivity index (χ3v) is 2.69. The molecule has 0 bridgehead atoms. The minimum Gasteiger partial charge on any atom is -0.491 e.